The molecule has 2 fully saturated rings. The van der Waals surface area contributed by atoms with Gasteiger partial charge >= 0.3 is 12.8 Å². The molecule has 1 amide bonds. The van der Waals surface area contributed by atoms with Gasteiger partial charge in [0.05, 0.1) is 22.5 Å². The largest absolute Gasteiger partial charge is 0.435 e. The van der Waals surface area contributed by atoms with Gasteiger partial charge < -0.3 is 20.1 Å². The monoisotopic (exact) mass is 576 g/mol. The van der Waals surface area contributed by atoms with Gasteiger partial charge in [-0.25, -0.2) is 0 Å². The molecule has 0 atom stereocenters. The van der Waals surface area contributed by atoms with Crippen LogP contribution in [0.1, 0.15) is 48.3 Å². The number of pyridine rings is 1. The van der Waals surface area contributed by atoms with E-state index in [-0.39, 0.29) is 36.0 Å². The van der Waals surface area contributed by atoms with Gasteiger partial charge in [0.2, 0.25) is 0 Å². The zero-order valence-corrected chi connectivity index (χ0v) is 22.1. The molecule has 2 saturated heterocycles. The van der Waals surface area contributed by atoms with Crippen molar-refractivity contribution in [3.8, 4) is 5.75 Å². The van der Waals surface area contributed by atoms with E-state index in [0.29, 0.717) is 41.5 Å². The van der Waals surface area contributed by atoms with E-state index in [1.165, 1.54) is 24.4 Å². The van der Waals surface area contributed by atoms with Gasteiger partial charge in [-0.1, -0.05) is 12.1 Å². The number of alkyl halides is 5. The van der Waals surface area contributed by atoms with Gasteiger partial charge in [0.25, 0.3) is 5.91 Å². The summed E-state index contributed by atoms with van der Waals surface area (Å²) in [5.41, 5.74) is 0.914. The maximum Gasteiger partial charge on any atom is 0.387 e. The van der Waals surface area contributed by atoms with Gasteiger partial charge in [0, 0.05) is 60.2 Å². The second-order valence-corrected chi connectivity index (χ2v) is 10.9. The van der Waals surface area contributed by atoms with Crippen molar-refractivity contribution in [3.05, 3.63) is 53.3 Å². The molecule has 0 radical (unpaired) electrons. The molecule has 2 aliphatic rings. The van der Waals surface area contributed by atoms with Crippen molar-refractivity contribution in [1.29, 1.82) is 5.41 Å². The van der Waals surface area contributed by atoms with E-state index in [9.17, 15) is 31.0 Å². The molecule has 14 heteroatoms. The minimum atomic E-state index is -4.00. The molecule has 0 saturated carbocycles. The lowest BCUT2D eigenvalue weighted by molar-refractivity contribution is -0.110. The third kappa shape index (κ3) is 9.53. The van der Waals surface area contributed by atoms with Gasteiger partial charge in [-0.3, -0.25) is 19.4 Å². The van der Waals surface area contributed by atoms with Crippen molar-refractivity contribution in [3.63, 3.8) is 0 Å². The van der Waals surface area contributed by atoms with Crippen molar-refractivity contribution in [2.75, 3.05) is 30.0 Å². The lowest BCUT2D eigenvalue weighted by Gasteiger charge is -2.38. The van der Waals surface area contributed by atoms with E-state index in [0.717, 1.165) is 12.8 Å². The molecule has 2 aliphatic heterocycles. The van der Waals surface area contributed by atoms with E-state index in [1.54, 1.807) is 12.1 Å². The summed E-state index contributed by atoms with van der Waals surface area (Å²) < 4.78 is 77.7. The Kier molecular flexibility index (Phi) is 9.99. The molecule has 0 unspecified atom stereocenters. The Morgan fingerprint density at radius 3 is 2.44 bits per heavy atom. The quantitative estimate of drug-likeness (QED) is 0.315. The Labute approximate surface area is 224 Å². The Morgan fingerprint density at radius 1 is 1.21 bits per heavy atom. The number of nitrogens with zero attached hydrogens (tertiary/aromatic N) is 1. The molecule has 1 aromatic carbocycles. The highest BCUT2D eigenvalue weighted by atomic mass is 32.2. The first-order chi connectivity index (χ1) is 18.2. The first-order valence-corrected chi connectivity index (χ1v) is 13.4. The molecule has 1 aromatic heterocycles. The Balaban J connectivity index is 0.000000771. The van der Waals surface area contributed by atoms with E-state index < -0.39 is 29.1 Å². The zero-order valence-electron chi connectivity index (χ0n) is 21.2. The average molecular weight is 577 g/mol. The number of nitrogens with one attached hydrogen (secondary N) is 3. The van der Waals surface area contributed by atoms with E-state index >= 15 is 0 Å². The molecule has 2 aromatic rings. The molecule has 0 aliphatic carbocycles. The number of aromatic nitrogens is 1. The molecule has 0 spiro atoms. The number of hydrogen-bond acceptors (Lipinski definition) is 7. The number of amides is 1. The highest BCUT2D eigenvalue weighted by molar-refractivity contribution is 7.86. The zero-order chi connectivity index (χ0) is 28.8. The Hall–Kier alpha value is -3.13. The number of carbonyl (C=O) groups is 1. The van der Waals surface area contributed by atoms with Crippen LogP contribution in [0.3, 0.4) is 0 Å². The first-order valence-electron chi connectivity index (χ1n) is 12.0. The van der Waals surface area contributed by atoms with E-state index in [4.69, 9.17) is 10.1 Å². The molecule has 3 heterocycles. The Morgan fingerprint density at radius 2 is 1.85 bits per heavy atom. The van der Waals surface area contributed by atoms with E-state index in [1.807, 2.05) is 6.92 Å². The summed E-state index contributed by atoms with van der Waals surface area (Å²) in [4.78, 5) is 17.3. The number of hydrogen-bond donors (Lipinski definition) is 3. The molecule has 0 bridgehead atoms. The summed E-state index contributed by atoms with van der Waals surface area (Å²) in [7, 11) is -0.920. The number of anilines is 1. The summed E-state index contributed by atoms with van der Waals surface area (Å²) in [6, 6.07) is 7.59. The predicted molar refractivity (Wildman–Crippen MR) is 136 cm³/mol. The number of carbonyl (C=O) groups excluding carboxylic acids is 1. The SMILES string of the molecule is CC(F)(F)F.CC1(NC(=O)c2cnc(C(=N)c3cccc(OC(F)F)c3)c(NC3CCOCC3)c2)CS(=O)C1. The minimum Gasteiger partial charge on any atom is -0.435 e. The summed E-state index contributed by atoms with van der Waals surface area (Å²) >= 11 is 0. The third-order valence-electron chi connectivity index (χ3n) is 5.69. The van der Waals surface area contributed by atoms with Gasteiger partial charge in [-0.15, -0.1) is 0 Å². The smallest absolute Gasteiger partial charge is 0.387 e. The van der Waals surface area contributed by atoms with Gasteiger partial charge in [-0.05, 0) is 38.0 Å². The molecule has 3 N–H and O–H groups in total. The van der Waals surface area contributed by atoms with Crippen LogP contribution in [0.5, 0.6) is 5.75 Å². The fourth-order valence-corrected chi connectivity index (χ4v) is 5.49. The van der Waals surface area contributed by atoms with Crippen LogP contribution in [0, 0.1) is 5.41 Å². The number of rotatable bonds is 8. The maximum absolute atomic E-state index is 12.9. The fourth-order valence-electron chi connectivity index (χ4n) is 4.01. The highest BCUT2D eigenvalue weighted by Crippen LogP contribution is 2.26. The van der Waals surface area contributed by atoms with Crippen LogP contribution in [0.15, 0.2) is 36.5 Å². The molecule has 214 valence electrons. The summed E-state index contributed by atoms with van der Waals surface area (Å²) in [5, 5.41) is 15.0. The van der Waals surface area contributed by atoms with Gasteiger partial charge in [0.1, 0.15) is 11.4 Å². The molecule has 39 heavy (non-hydrogen) atoms. The topological polar surface area (TPSA) is 113 Å². The van der Waals surface area contributed by atoms with Gasteiger partial charge in [0.15, 0.2) is 0 Å². The van der Waals surface area contributed by atoms with Crippen LogP contribution < -0.4 is 15.4 Å². The maximum atomic E-state index is 12.9. The minimum absolute atomic E-state index is 0.00239. The second kappa shape index (κ2) is 12.8. The van der Waals surface area contributed by atoms with Gasteiger partial charge in [-0.2, -0.15) is 22.0 Å². The third-order valence-corrected chi connectivity index (χ3v) is 7.61. The lowest BCUT2D eigenvalue weighted by atomic mass is 10.0. The first kappa shape index (κ1) is 30.4. The van der Waals surface area contributed by atoms with Crippen molar-refractivity contribution in [1.82, 2.24) is 10.3 Å². The number of benzene rings is 1. The molecular weight excluding hydrogens is 547 g/mol. The highest BCUT2D eigenvalue weighted by Gasteiger charge is 2.39. The van der Waals surface area contributed by atoms with Crippen molar-refractivity contribution in [2.45, 2.75) is 51.1 Å². The molecular formula is C25H29F5N4O4S. The Bertz CT molecular complexity index is 1190. The predicted octanol–water partition coefficient (Wildman–Crippen LogP) is 4.51. The average Bonchev–Trinajstić information content (AvgIpc) is 2.82. The summed E-state index contributed by atoms with van der Waals surface area (Å²) in [5.74, 6) is 0.406. The summed E-state index contributed by atoms with van der Waals surface area (Å²) in [6.07, 6.45) is -1.11. The van der Waals surface area contributed by atoms with Crippen molar-refractivity contribution < 1.29 is 40.4 Å². The van der Waals surface area contributed by atoms with Crippen molar-refractivity contribution in [2.24, 2.45) is 0 Å². The number of ether oxygens (including phenoxy) is 2. The van der Waals surface area contributed by atoms with Crippen LogP contribution >= 0.6 is 0 Å². The van der Waals surface area contributed by atoms with E-state index in [2.05, 4.69) is 20.4 Å². The summed E-state index contributed by atoms with van der Waals surface area (Å²) in [6.45, 7) is 0.258. The van der Waals surface area contributed by atoms with Crippen LogP contribution in [-0.2, 0) is 15.5 Å². The normalized spacial score (nSPS) is 21.3. The molecule has 4 rings (SSSR count). The van der Waals surface area contributed by atoms with Crippen LogP contribution in [-0.4, -0.2) is 69.9 Å². The lowest BCUT2D eigenvalue weighted by Crippen LogP contribution is -2.61. The second-order valence-electron chi connectivity index (χ2n) is 9.46. The number of halogens is 5. The van der Waals surface area contributed by atoms with Crippen LogP contribution in [0.2, 0.25) is 0 Å². The van der Waals surface area contributed by atoms with Crippen molar-refractivity contribution >= 4 is 28.1 Å². The molecule has 8 nitrogen and oxygen atoms in total. The van der Waals surface area contributed by atoms with Crippen LogP contribution in [0.4, 0.5) is 27.6 Å². The fraction of sp³-hybridized carbons (Fsp3) is 0.480. The standard InChI is InChI=1S/C23H26F2N4O4S.C2H3F3/c1-23(12-34(31)13-23)29-21(30)15-10-18(28-16-5-7-32-8-6-16)20(27-11-15)19(26)14-3-2-4-17(9-14)33-22(24)25;1-2(3,4)5/h2-4,9-11,16,22,26,28H,5-8,12-13H2,1H3,(H,29,30);1H3. The van der Waals surface area contributed by atoms with Crippen LogP contribution in [0.25, 0.3) is 0 Å².